The highest BCUT2D eigenvalue weighted by molar-refractivity contribution is 6.71. The van der Waals surface area contributed by atoms with Crippen molar-refractivity contribution in [3.8, 4) is 0 Å². The lowest BCUT2D eigenvalue weighted by Crippen LogP contribution is -2.46. The second-order valence-electron chi connectivity index (χ2n) is 9.51. The standard InChI is InChI=1S/C23H48OSi/c1-5-6-7-8-9-10-11-12-13-14-15-16-17-18-20-23(2)21-19-22-25(3,4)24-23/h5-22H2,1-4H3. The molecule has 0 N–H and O–H groups in total. The van der Waals surface area contributed by atoms with Crippen LogP contribution in [0.5, 0.6) is 0 Å². The third-order valence-corrected chi connectivity index (χ3v) is 8.67. The van der Waals surface area contributed by atoms with Gasteiger partial charge in [-0.15, -0.1) is 0 Å². The van der Waals surface area contributed by atoms with E-state index < -0.39 is 8.32 Å². The largest absolute Gasteiger partial charge is 0.412 e. The third kappa shape index (κ3) is 12.2. The van der Waals surface area contributed by atoms with Crippen molar-refractivity contribution >= 4 is 8.32 Å². The summed E-state index contributed by atoms with van der Waals surface area (Å²) in [5, 5.41) is 0. The Bertz CT molecular complexity index is 315. The first-order valence-electron chi connectivity index (χ1n) is 11.7. The van der Waals surface area contributed by atoms with Crippen LogP contribution in [-0.4, -0.2) is 13.9 Å². The highest BCUT2D eigenvalue weighted by Gasteiger charge is 2.37. The molecule has 0 saturated carbocycles. The van der Waals surface area contributed by atoms with E-state index in [2.05, 4.69) is 26.9 Å². The lowest BCUT2D eigenvalue weighted by atomic mass is 9.93. The Morgan fingerprint density at radius 2 is 1.16 bits per heavy atom. The molecule has 0 spiro atoms. The molecule has 2 heteroatoms. The molecule has 1 heterocycles. The van der Waals surface area contributed by atoms with Crippen LogP contribution in [0.1, 0.15) is 123 Å². The fourth-order valence-electron chi connectivity index (χ4n) is 4.53. The van der Waals surface area contributed by atoms with Gasteiger partial charge in [-0.3, -0.25) is 0 Å². The molecule has 1 unspecified atom stereocenters. The van der Waals surface area contributed by atoms with E-state index in [-0.39, 0.29) is 5.60 Å². The van der Waals surface area contributed by atoms with Gasteiger partial charge >= 0.3 is 0 Å². The summed E-state index contributed by atoms with van der Waals surface area (Å²) in [5.41, 5.74) is 0.213. The lowest BCUT2D eigenvalue weighted by Gasteiger charge is -2.43. The summed E-state index contributed by atoms with van der Waals surface area (Å²) in [5.74, 6) is 0. The second kappa shape index (κ2) is 13.4. The van der Waals surface area contributed by atoms with E-state index in [0.717, 1.165) is 0 Å². The van der Waals surface area contributed by atoms with Crippen LogP contribution in [0.2, 0.25) is 19.1 Å². The third-order valence-electron chi connectivity index (χ3n) is 6.07. The Morgan fingerprint density at radius 1 is 0.720 bits per heavy atom. The monoisotopic (exact) mass is 368 g/mol. The average molecular weight is 369 g/mol. The zero-order valence-corrected chi connectivity index (χ0v) is 19.1. The number of unbranched alkanes of at least 4 members (excludes halogenated alkanes) is 13. The first-order chi connectivity index (χ1) is 12.0. The van der Waals surface area contributed by atoms with Gasteiger partial charge in [0.05, 0.1) is 5.60 Å². The molecule has 0 aromatic heterocycles. The molecule has 0 radical (unpaired) electrons. The van der Waals surface area contributed by atoms with Gasteiger partial charge in [-0.2, -0.15) is 0 Å². The van der Waals surface area contributed by atoms with Crippen LogP contribution in [0, 0.1) is 0 Å². The van der Waals surface area contributed by atoms with Crippen LogP contribution >= 0.6 is 0 Å². The molecule has 1 atom stereocenters. The topological polar surface area (TPSA) is 9.23 Å². The van der Waals surface area contributed by atoms with Gasteiger partial charge in [0.15, 0.2) is 8.32 Å². The van der Waals surface area contributed by atoms with Crippen molar-refractivity contribution in [3.05, 3.63) is 0 Å². The smallest absolute Gasteiger partial charge is 0.187 e. The molecule has 1 saturated heterocycles. The molecule has 0 bridgehead atoms. The predicted octanol–water partition coefficient (Wildman–Crippen LogP) is 8.63. The quantitative estimate of drug-likeness (QED) is 0.207. The van der Waals surface area contributed by atoms with Crippen molar-refractivity contribution in [2.75, 3.05) is 0 Å². The van der Waals surface area contributed by atoms with Gasteiger partial charge in [0.25, 0.3) is 0 Å². The van der Waals surface area contributed by atoms with Gasteiger partial charge in [-0.25, -0.2) is 0 Å². The Hall–Kier alpha value is 0.177. The molecule has 150 valence electrons. The molecule has 0 aliphatic carbocycles. The predicted molar refractivity (Wildman–Crippen MR) is 116 cm³/mol. The van der Waals surface area contributed by atoms with Crippen LogP contribution in [0.25, 0.3) is 0 Å². The summed E-state index contributed by atoms with van der Waals surface area (Å²) >= 11 is 0. The first kappa shape index (κ1) is 23.2. The minimum atomic E-state index is -1.33. The number of rotatable bonds is 15. The molecule has 25 heavy (non-hydrogen) atoms. The fourth-order valence-corrected chi connectivity index (χ4v) is 7.20. The SMILES string of the molecule is CCCCCCCCCCCCCCCCC1(C)CCC[Si](C)(C)O1. The van der Waals surface area contributed by atoms with Gasteiger partial charge in [-0.1, -0.05) is 103 Å². The lowest BCUT2D eigenvalue weighted by molar-refractivity contribution is 0.0418. The van der Waals surface area contributed by atoms with Gasteiger partial charge in [-0.05, 0) is 38.9 Å². The van der Waals surface area contributed by atoms with Crippen molar-refractivity contribution in [3.63, 3.8) is 0 Å². The Labute approximate surface area is 160 Å². The summed E-state index contributed by atoms with van der Waals surface area (Å²) in [6, 6.07) is 1.36. The van der Waals surface area contributed by atoms with E-state index in [1.54, 1.807) is 0 Å². The summed E-state index contributed by atoms with van der Waals surface area (Å²) in [6.07, 6.45) is 24.2. The Balaban J connectivity index is 1.84. The van der Waals surface area contributed by atoms with Crippen LogP contribution < -0.4 is 0 Å². The molecular formula is C23H48OSi. The highest BCUT2D eigenvalue weighted by Crippen LogP contribution is 2.36. The van der Waals surface area contributed by atoms with E-state index in [9.17, 15) is 0 Å². The van der Waals surface area contributed by atoms with Crippen molar-refractivity contribution in [2.24, 2.45) is 0 Å². The second-order valence-corrected chi connectivity index (χ2v) is 13.7. The number of hydrogen-bond acceptors (Lipinski definition) is 1. The zero-order valence-electron chi connectivity index (χ0n) is 18.1. The fraction of sp³-hybridized carbons (Fsp3) is 1.00. The van der Waals surface area contributed by atoms with Crippen molar-refractivity contribution < 1.29 is 4.43 Å². The van der Waals surface area contributed by atoms with Crippen LogP contribution in [0.3, 0.4) is 0 Å². The molecule has 0 amide bonds. The maximum Gasteiger partial charge on any atom is 0.187 e. The number of hydrogen-bond donors (Lipinski definition) is 0. The average Bonchev–Trinajstić information content (AvgIpc) is 2.54. The molecule has 1 rings (SSSR count). The molecule has 0 aromatic carbocycles. The molecular weight excluding hydrogens is 320 g/mol. The normalized spacial score (nSPS) is 23.0. The van der Waals surface area contributed by atoms with Gasteiger partial charge < -0.3 is 4.43 Å². The van der Waals surface area contributed by atoms with E-state index >= 15 is 0 Å². The summed E-state index contributed by atoms with van der Waals surface area (Å²) in [7, 11) is -1.33. The van der Waals surface area contributed by atoms with Crippen molar-refractivity contribution in [1.82, 2.24) is 0 Å². The van der Waals surface area contributed by atoms with E-state index in [1.165, 1.54) is 115 Å². The van der Waals surface area contributed by atoms with E-state index in [0.29, 0.717) is 0 Å². The zero-order chi connectivity index (χ0) is 18.4. The van der Waals surface area contributed by atoms with Crippen molar-refractivity contribution in [1.29, 1.82) is 0 Å². The van der Waals surface area contributed by atoms with Crippen LogP contribution in [0.15, 0.2) is 0 Å². The Kier molecular flexibility index (Phi) is 12.4. The van der Waals surface area contributed by atoms with Gasteiger partial charge in [0.1, 0.15) is 0 Å². The van der Waals surface area contributed by atoms with E-state index in [1.807, 2.05) is 0 Å². The molecule has 1 aliphatic rings. The molecule has 1 aliphatic heterocycles. The summed E-state index contributed by atoms with van der Waals surface area (Å²) < 4.78 is 6.51. The molecule has 1 fully saturated rings. The van der Waals surface area contributed by atoms with Gasteiger partial charge in [0.2, 0.25) is 0 Å². The highest BCUT2D eigenvalue weighted by atomic mass is 28.4. The summed E-state index contributed by atoms with van der Waals surface area (Å²) in [6.45, 7) is 9.47. The maximum absolute atomic E-state index is 6.51. The van der Waals surface area contributed by atoms with Gasteiger partial charge in [0, 0.05) is 0 Å². The Morgan fingerprint density at radius 3 is 1.60 bits per heavy atom. The van der Waals surface area contributed by atoms with Crippen LogP contribution in [-0.2, 0) is 4.43 Å². The van der Waals surface area contributed by atoms with E-state index in [4.69, 9.17) is 4.43 Å². The maximum atomic E-state index is 6.51. The molecule has 0 aromatic rings. The molecule has 1 nitrogen and oxygen atoms in total. The van der Waals surface area contributed by atoms with Crippen molar-refractivity contribution in [2.45, 2.75) is 148 Å². The minimum Gasteiger partial charge on any atom is -0.412 e. The van der Waals surface area contributed by atoms with Crippen LogP contribution in [0.4, 0.5) is 0 Å². The minimum absolute atomic E-state index is 0.213. The summed E-state index contributed by atoms with van der Waals surface area (Å²) in [4.78, 5) is 0. The first-order valence-corrected chi connectivity index (χ1v) is 14.8.